The van der Waals surface area contributed by atoms with Crippen LogP contribution in [0.2, 0.25) is 0 Å². The fourth-order valence-corrected chi connectivity index (χ4v) is 3.82. The van der Waals surface area contributed by atoms with E-state index >= 15 is 0 Å². The number of carbonyl (C=O) groups excluding carboxylic acids is 3. The van der Waals surface area contributed by atoms with Crippen LogP contribution >= 0.6 is 0 Å². The van der Waals surface area contributed by atoms with Crippen molar-refractivity contribution in [2.75, 3.05) is 6.54 Å². The summed E-state index contributed by atoms with van der Waals surface area (Å²) in [5, 5.41) is 31.1. The Morgan fingerprint density at radius 1 is 0.974 bits per heavy atom. The first-order valence-corrected chi connectivity index (χ1v) is 12.8. The Morgan fingerprint density at radius 2 is 1.61 bits per heavy atom. The monoisotopic (exact) mass is 528 g/mol. The lowest BCUT2D eigenvalue weighted by molar-refractivity contribution is -0.614. The number of ether oxygens (including phenoxy) is 1. The lowest BCUT2D eigenvalue weighted by atomic mass is 9.94. The van der Waals surface area contributed by atoms with Crippen molar-refractivity contribution in [2.24, 2.45) is 5.92 Å². The van der Waals surface area contributed by atoms with Gasteiger partial charge in [-0.3, -0.25) is 9.59 Å². The molecule has 0 aliphatic carbocycles. The maximum absolute atomic E-state index is 13.2. The average molecular weight is 529 g/mol. The first kappa shape index (κ1) is 30.6. The number of nitrogens with zero attached hydrogens (tertiary/aromatic N) is 1. The van der Waals surface area contributed by atoms with Gasteiger partial charge in [0.1, 0.15) is 17.6 Å². The maximum atomic E-state index is 13.2. The van der Waals surface area contributed by atoms with Gasteiger partial charge in [-0.15, -0.1) is 0 Å². The summed E-state index contributed by atoms with van der Waals surface area (Å²) in [7, 11) is 0. The molecule has 1 heterocycles. The summed E-state index contributed by atoms with van der Waals surface area (Å²) in [6, 6.07) is 12.1. The molecule has 38 heavy (non-hydrogen) atoms. The van der Waals surface area contributed by atoms with Crippen molar-refractivity contribution in [3.63, 3.8) is 0 Å². The van der Waals surface area contributed by atoms with Crippen LogP contribution in [0.5, 0.6) is 0 Å². The van der Waals surface area contributed by atoms with Gasteiger partial charge in [0, 0.05) is 18.7 Å². The minimum absolute atomic E-state index is 0.108. The van der Waals surface area contributed by atoms with E-state index in [4.69, 9.17) is 4.74 Å². The number of pyridine rings is 1. The van der Waals surface area contributed by atoms with Crippen LogP contribution in [0.25, 0.3) is 0 Å². The van der Waals surface area contributed by atoms with Crippen LogP contribution < -0.4 is 20.7 Å². The van der Waals surface area contributed by atoms with E-state index in [-0.39, 0.29) is 18.2 Å². The van der Waals surface area contributed by atoms with Crippen molar-refractivity contribution >= 4 is 17.9 Å². The third kappa shape index (κ3) is 9.66. The summed E-state index contributed by atoms with van der Waals surface area (Å²) < 4.78 is 5.91. The number of nitrogens with one attached hydrogen (secondary N) is 3. The Hall–Kier alpha value is -3.66. The molecule has 0 spiro atoms. The van der Waals surface area contributed by atoms with Gasteiger partial charge in [-0.1, -0.05) is 44.2 Å². The van der Waals surface area contributed by atoms with E-state index in [1.165, 1.54) is 6.20 Å². The molecule has 1 aromatic carbocycles. The Morgan fingerprint density at radius 3 is 2.18 bits per heavy atom. The molecule has 0 aliphatic rings. The van der Waals surface area contributed by atoms with Gasteiger partial charge in [-0.05, 0) is 51.7 Å². The van der Waals surface area contributed by atoms with Crippen LogP contribution in [-0.4, -0.2) is 53.3 Å². The second-order valence-electron chi connectivity index (χ2n) is 10.7. The highest BCUT2D eigenvalue weighted by molar-refractivity contribution is 5.87. The second kappa shape index (κ2) is 13.8. The first-order valence-electron chi connectivity index (χ1n) is 12.8. The topological polar surface area (TPSA) is 144 Å². The summed E-state index contributed by atoms with van der Waals surface area (Å²) in [5.41, 5.74) is 0.158. The highest BCUT2D eigenvalue weighted by Crippen LogP contribution is 2.22. The molecule has 10 heteroatoms. The van der Waals surface area contributed by atoms with Gasteiger partial charge in [0.15, 0.2) is 6.20 Å². The van der Waals surface area contributed by atoms with E-state index in [1.807, 2.05) is 19.9 Å². The van der Waals surface area contributed by atoms with Crippen molar-refractivity contribution in [3.05, 3.63) is 71.2 Å². The molecule has 208 valence electrons. The van der Waals surface area contributed by atoms with E-state index in [9.17, 15) is 24.7 Å². The maximum Gasteiger partial charge on any atom is 0.408 e. The van der Waals surface area contributed by atoms with Crippen LogP contribution in [-0.2, 0) is 14.3 Å². The molecule has 4 N–H and O–H groups in total. The highest BCUT2D eigenvalue weighted by atomic mass is 16.6. The van der Waals surface area contributed by atoms with Gasteiger partial charge in [-0.2, -0.15) is 4.73 Å². The van der Waals surface area contributed by atoms with E-state index in [1.54, 1.807) is 70.2 Å². The van der Waals surface area contributed by atoms with Crippen molar-refractivity contribution in [1.82, 2.24) is 16.0 Å². The average Bonchev–Trinajstić information content (AvgIpc) is 2.82. The van der Waals surface area contributed by atoms with Gasteiger partial charge in [-0.25, -0.2) is 4.79 Å². The minimum Gasteiger partial charge on any atom is -0.618 e. The summed E-state index contributed by atoms with van der Waals surface area (Å²) in [6.45, 7) is 10.5. The number of aromatic nitrogens is 1. The van der Waals surface area contributed by atoms with E-state index in [0.29, 0.717) is 16.7 Å². The quantitative estimate of drug-likeness (QED) is 0.260. The van der Waals surface area contributed by atoms with Gasteiger partial charge >= 0.3 is 6.09 Å². The Labute approximate surface area is 224 Å². The van der Waals surface area contributed by atoms with Crippen molar-refractivity contribution in [2.45, 2.75) is 77.7 Å². The lowest BCUT2D eigenvalue weighted by Gasteiger charge is -2.27. The van der Waals surface area contributed by atoms with Gasteiger partial charge in [0.2, 0.25) is 17.5 Å². The third-order valence-electron chi connectivity index (χ3n) is 5.69. The van der Waals surface area contributed by atoms with E-state index in [2.05, 4.69) is 16.0 Å². The summed E-state index contributed by atoms with van der Waals surface area (Å²) in [6.07, 6.45) is -0.141. The number of alkyl carbamates (subject to hydrolysis) is 1. The number of hydrogen-bond donors (Lipinski definition) is 4. The minimum atomic E-state index is -1.13. The number of benzene rings is 1. The normalized spacial score (nSPS) is 14.6. The van der Waals surface area contributed by atoms with E-state index < -0.39 is 47.6 Å². The molecule has 2 unspecified atom stereocenters. The van der Waals surface area contributed by atoms with Crippen LogP contribution in [0.15, 0.2) is 54.7 Å². The SMILES string of the molecule is CC(C)C[C@H](NC(=O)OC(C)(C)C)C(=O)NC(C)[C@@H](O)CNC(=O)C(c1ccccc1)c1cccc[n+]1[O-]. The summed E-state index contributed by atoms with van der Waals surface area (Å²) in [5.74, 6) is -1.72. The fraction of sp³-hybridized carbons (Fsp3) is 0.500. The van der Waals surface area contributed by atoms with Gasteiger partial charge in [0.25, 0.3) is 0 Å². The molecule has 4 atom stereocenters. The zero-order valence-electron chi connectivity index (χ0n) is 22.9. The van der Waals surface area contributed by atoms with Crippen LogP contribution in [0.3, 0.4) is 0 Å². The van der Waals surface area contributed by atoms with Crippen LogP contribution in [0.4, 0.5) is 4.79 Å². The van der Waals surface area contributed by atoms with Gasteiger partial charge in [0.05, 0.1) is 12.1 Å². The van der Waals surface area contributed by atoms with Gasteiger partial charge < -0.3 is 31.0 Å². The zero-order valence-corrected chi connectivity index (χ0v) is 22.9. The molecule has 0 fully saturated rings. The third-order valence-corrected chi connectivity index (χ3v) is 5.69. The first-order chi connectivity index (χ1) is 17.8. The lowest BCUT2D eigenvalue weighted by Crippen LogP contribution is -2.54. The summed E-state index contributed by atoms with van der Waals surface area (Å²) >= 11 is 0. The molecular weight excluding hydrogens is 488 g/mol. The molecule has 10 nitrogen and oxygen atoms in total. The predicted octanol–water partition coefficient (Wildman–Crippen LogP) is 2.37. The van der Waals surface area contributed by atoms with E-state index in [0.717, 1.165) is 0 Å². The van der Waals surface area contributed by atoms with Crippen LogP contribution in [0.1, 0.15) is 65.1 Å². The van der Waals surface area contributed by atoms with Crippen molar-refractivity contribution in [3.8, 4) is 0 Å². The molecule has 1 aromatic heterocycles. The Balaban J connectivity index is 2.04. The van der Waals surface area contributed by atoms with Crippen molar-refractivity contribution in [1.29, 1.82) is 0 Å². The van der Waals surface area contributed by atoms with Crippen LogP contribution in [0, 0.1) is 11.1 Å². The van der Waals surface area contributed by atoms with Crippen molar-refractivity contribution < 1.29 is 29.0 Å². The number of hydrogen-bond acceptors (Lipinski definition) is 6. The number of carbonyl (C=O) groups is 3. The number of aliphatic hydroxyl groups excluding tert-OH is 1. The second-order valence-corrected chi connectivity index (χ2v) is 10.7. The largest absolute Gasteiger partial charge is 0.618 e. The molecule has 0 radical (unpaired) electrons. The Kier molecular flexibility index (Phi) is 11.1. The fourth-order valence-electron chi connectivity index (χ4n) is 3.82. The highest BCUT2D eigenvalue weighted by Gasteiger charge is 2.31. The smallest absolute Gasteiger partial charge is 0.408 e. The predicted molar refractivity (Wildman–Crippen MR) is 143 cm³/mol. The molecule has 0 saturated carbocycles. The molecular formula is C28H40N4O6. The molecule has 0 saturated heterocycles. The number of rotatable bonds is 11. The Bertz CT molecular complexity index is 1070. The zero-order chi connectivity index (χ0) is 28.5. The molecule has 2 aromatic rings. The molecule has 3 amide bonds. The number of aliphatic hydroxyl groups is 1. The molecule has 2 rings (SSSR count). The standard InChI is InChI=1S/C28H40N4O6/c1-18(2)16-21(31-27(36)38-28(4,5)6)25(34)30-19(3)23(33)17-29-26(35)24(20-12-8-7-9-13-20)22-14-10-11-15-32(22)37/h7-15,18-19,21,23-24,33H,16-17H2,1-6H3,(H,29,35)(H,30,34)(H,31,36)/t19?,21-,23-,24?/m0/s1. The molecule has 0 aliphatic heterocycles. The number of amides is 3. The molecule has 0 bridgehead atoms. The summed E-state index contributed by atoms with van der Waals surface area (Å²) in [4.78, 5) is 38.4.